The Balaban J connectivity index is 1.43. The van der Waals surface area contributed by atoms with Crippen LogP contribution in [0.25, 0.3) is 33.0 Å². The summed E-state index contributed by atoms with van der Waals surface area (Å²) in [4.78, 5) is 2.34. The molecule has 0 atom stereocenters. The van der Waals surface area contributed by atoms with Gasteiger partial charge in [0.2, 0.25) is 0 Å². The van der Waals surface area contributed by atoms with Crippen molar-refractivity contribution in [3.05, 3.63) is 82.9 Å². The Bertz CT molecular complexity index is 1700. The number of aliphatic hydroxyl groups excluding tert-OH is 1. The van der Waals surface area contributed by atoms with E-state index in [4.69, 9.17) is 4.74 Å². The van der Waals surface area contributed by atoms with Crippen molar-refractivity contribution in [1.29, 1.82) is 0 Å². The van der Waals surface area contributed by atoms with E-state index >= 15 is 0 Å². The third-order valence-electron chi connectivity index (χ3n) is 10.1. The van der Waals surface area contributed by atoms with Gasteiger partial charge in [0.15, 0.2) is 0 Å². The van der Waals surface area contributed by atoms with Crippen LogP contribution in [-0.2, 0) is 22.5 Å². The van der Waals surface area contributed by atoms with Crippen LogP contribution in [0, 0.1) is 10.8 Å². The summed E-state index contributed by atoms with van der Waals surface area (Å²) in [5, 5.41) is 24.3. The number of phenols is 1. The summed E-state index contributed by atoms with van der Waals surface area (Å²) in [5.74, 6) is 1.01. The van der Waals surface area contributed by atoms with Crippen molar-refractivity contribution in [3.8, 4) is 28.0 Å². The fourth-order valence-corrected chi connectivity index (χ4v) is 9.38. The number of morpholine rings is 1. The molecule has 2 fully saturated rings. The first kappa shape index (κ1) is 28.8. The summed E-state index contributed by atoms with van der Waals surface area (Å²) in [5.41, 5.74) is 10.5. The zero-order chi connectivity index (χ0) is 30.1. The fraction of sp³-hybridized carbons (Fsp3) is 0.421. The number of aliphatic hydroxyl groups is 1. The maximum atomic E-state index is 11.7. The quantitative estimate of drug-likeness (QED) is 0.208. The monoisotopic (exact) mass is 593 g/mol. The number of hydrogen-bond donors (Lipinski definition) is 3. The van der Waals surface area contributed by atoms with E-state index in [1.165, 1.54) is 39.9 Å². The third kappa shape index (κ3) is 4.75. The Hall–Kier alpha value is -2.99. The van der Waals surface area contributed by atoms with Gasteiger partial charge in [0.05, 0.1) is 19.8 Å². The number of phenolic OH excluding ortho intramolecular Hbond substituents is 1. The van der Waals surface area contributed by atoms with E-state index in [1.54, 1.807) is 0 Å². The zero-order valence-electron chi connectivity index (χ0n) is 25.8. The minimum Gasteiger partial charge on any atom is -0.507 e. The van der Waals surface area contributed by atoms with Gasteiger partial charge < -0.3 is 19.8 Å². The van der Waals surface area contributed by atoms with Gasteiger partial charge in [-0.25, -0.2) is 0 Å². The Labute approximate surface area is 261 Å². The molecule has 1 spiro atoms. The lowest BCUT2D eigenvalue weighted by atomic mass is 9.52. The van der Waals surface area contributed by atoms with Crippen LogP contribution in [-0.4, -0.2) is 36.5 Å². The van der Waals surface area contributed by atoms with Crippen molar-refractivity contribution >= 4 is 29.1 Å². The second kappa shape index (κ2) is 10.3. The summed E-state index contributed by atoms with van der Waals surface area (Å²) in [6.07, 6.45) is 3.23. The van der Waals surface area contributed by atoms with Gasteiger partial charge in [-0.2, -0.15) is 12.6 Å². The van der Waals surface area contributed by atoms with Gasteiger partial charge >= 0.3 is 0 Å². The molecule has 0 unspecified atom stereocenters. The second-order valence-electron chi connectivity index (χ2n) is 14.7. The highest BCUT2D eigenvalue weighted by molar-refractivity contribution is 7.79. The average molecular weight is 594 g/mol. The molecule has 1 saturated carbocycles. The van der Waals surface area contributed by atoms with Crippen LogP contribution in [0.2, 0.25) is 0 Å². The van der Waals surface area contributed by atoms with Crippen molar-refractivity contribution in [1.82, 2.24) is 0 Å². The number of benzene rings is 4. The molecule has 7 rings (SSSR count). The van der Waals surface area contributed by atoms with Crippen LogP contribution >= 0.6 is 12.6 Å². The van der Waals surface area contributed by atoms with Crippen LogP contribution in [0.15, 0.2) is 60.7 Å². The van der Waals surface area contributed by atoms with E-state index in [2.05, 4.69) is 106 Å². The van der Waals surface area contributed by atoms with Gasteiger partial charge in [-0.15, -0.1) is 0 Å². The molecule has 0 aromatic heterocycles. The molecule has 2 N–H and O–H groups in total. The summed E-state index contributed by atoms with van der Waals surface area (Å²) >= 11 is 4.64. The van der Waals surface area contributed by atoms with Crippen LogP contribution in [0.3, 0.4) is 0 Å². The van der Waals surface area contributed by atoms with Crippen LogP contribution in [0.4, 0.5) is 5.69 Å². The molecule has 43 heavy (non-hydrogen) atoms. The molecule has 1 saturated heterocycles. The first-order chi connectivity index (χ1) is 20.5. The second-order valence-corrected chi connectivity index (χ2v) is 15.0. The van der Waals surface area contributed by atoms with Crippen molar-refractivity contribution < 1.29 is 14.9 Å². The van der Waals surface area contributed by atoms with Gasteiger partial charge in [-0.1, -0.05) is 58.0 Å². The minimum atomic E-state index is -0.187. The Morgan fingerprint density at radius 2 is 1.49 bits per heavy atom. The number of nitrogens with zero attached hydrogens (tertiary/aromatic N) is 1. The van der Waals surface area contributed by atoms with E-state index in [0.29, 0.717) is 11.5 Å². The van der Waals surface area contributed by atoms with E-state index in [0.717, 1.165) is 66.6 Å². The van der Waals surface area contributed by atoms with E-state index in [9.17, 15) is 10.2 Å². The SMILES string of the molecule is CC1(C)CC(C)(C)CC2(C1)c1cc(CS)ccc1-c1c2cc(O)c2cc(-c3ccc(N4CCOCC4)cc3)c(CO)cc12. The summed E-state index contributed by atoms with van der Waals surface area (Å²) in [6.45, 7) is 12.8. The van der Waals surface area contributed by atoms with Gasteiger partial charge in [0, 0.05) is 35.3 Å². The lowest BCUT2D eigenvalue weighted by molar-refractivity contribution is 0.0645. The Kier molecular flexibility index (Phi) is 6.88. The van der Waals surface area contributed by atoms with Gasteiger partial charge in [0.1, 0.15) is 5.75 Å². The lowest BCUT2D eigenvalue weighted by Gasteiger charge is -2.51. The minimum absolute atomic E-state index is 0.0719. The molecule has 4 aromatic rings. The molecule has 0 amide bonds. The van der Waals surface area contributed by atoms with E-state index in [1.807, 2.05) is 0 Å². The Morgan fingerprint density at radius 1 is 0.791 bits per heavy atom. The van der Waals surface area contributed by atoms with E-state index < -0.39 is 0 Å². The predicted octanol–water partition coefficient (Wildman–Crippen LogP) is 8.47. The van der Waals surface area contributed by atoms with Crippen molar-refractivity contribution in [3.63, 3.8) is 0 Å². The van der Waals surface area contributed by atoms with Gasteiger partial charge in [0.25, 0.3) is 0 Å². The highest BCUT2D eigenvalue weighted by Gasteiger charge is 2.53. The first-order valence-corrected chi connectivity index (χ1v) is 16.3. The van der Waals surface area contributed by atoms with Gasteiger partial charge in [-0.05, 0) is 110 Å². The number of hydrogen-bond acceptors (Lipinski definition) is 5. The zero-order valence-corrected chi connectivity index (χ0v) is 26.7. The molecule has 5 heteroatoms. The standard InChI is InChI=1S/C38H43NO3S/c1-36(2)21-37(3,4)23-38(22-36)32-15-24(20-43)5-10-28(32)35-31-16-26(19-40)29(17-30(31)34(41)18-33(35)38)25-6-8-27(9-7-25)39-11-13-42-14-12-39/h5-10,15-18,40-41,43H,11-14,19-23H2,1-4H3. The largest absolute Gasteiger partial charge is 0.507 e. The molecule has 0 bridgehead atoms. The maximum absolute atomic E-state index is 11.7. The number of thiol groups is 1. The smallest absolute Gasteiger partial charge is 0.123 e. The molecule has 224 valence electrons. The number of ether oxygens (including phenoxy) is 1. The number of rotatable bonds is 4. The topological polar surface area (TPSA) is 52.9 Å². The van der Waals surface area contributed by atoms with Crippen LogP contribution in [0.5, 0.6) is 5.75 Å². The first-order valence-electron chi connectivity index (χ1n) is 15.7. The number of aromatic hydroxyl groups is 1. The van der Waals surface area contributed by atoms with Crippen molar-refractivity contribution in [2.24, 2.45) is 10.8 Å². The number of anilines is 1. The third-order valence-corrected chi connectivity index (χ3v) is 10.5. The molecule has 2 aliphatic carbocycles. The highest BCUT2D eigenvalue weighted by Crippen LogP contribution is 2.65. The summed E-state index contributed by atoms with van der Waals surface area (Å²) in [6, 6.07) is 21.7. The normalized spacial score (nSPS) is 19.9. The highest BCUT2D eigenvalue weighted by atomic mass is 32.1. The van der Waals surface area contributed by atoms with E-state index in [-0.39, 0.29) is 22.9 Å². The molecule has 0 radical (unpaired) electrons. The average Bonchev–Trinajstić information content (AvgIpc) is 3.22. The predicted molar refractivity (Wildman–Crippen MR) is 180 cm³/mol. The maximum Gasteiger partial charge on any atom is 0.123 e. The van der Waals surface area contributed by atoms with Crippen molar-refractivity contribution in [2.45, 2.75) is 64.7 Å². The summed E-state index contributed by atoms with van der Waals surface area (Å²) < 4.78 is 5.52. The van der Waals surface area contributed by atoms with Crippen molar-refractivity contribution in [2.75, 3.05) is 31.2 Å². The van der Waals surface area contributed by atoms with Crippen LogP contribution < -0.4 is 4.90 Å². The molecular formula is C38H43NO3S. The Morgan fingerprint density at radius 3 is 2.14 bits per heavy atom. The summed E-state index contributed by atoms with van der Waals surface area (Å²) in [7, 11) is 0. The molecule has 1 aliphatic heterocycles. The van der Waals surface area contributed by atoms with Gasteiger partial charge in [-0.3, -0.25) is 0 Å². The molecule has 1 heterocycles. The molecule has 4 nitrogen and oxygen atoms in total. The number of fused-ring (bicyclic) bond motifs is 7. The molecule has 4 aromatic carbocycles. The molecular weight excluding hydrogens is 550 g/mol. The van der Waals surface area contributed by atoms with Crippen LogP contribution in [0.1, 0.15) is 69.2 Å². The fourth-order valence-electron chi connectivity index (χ4n) is 9.18. The lowest BCUT2D eigenvalue weighted by Crippen LogP contribution is -2.43. The molecule has 3 aliphatic rings.